The summed E-state index contributed by atoms with van der Waals surface area (Å²) in [7, 11) is 1.18. The zero-order valence-electron chi connectivity index (χ0n) is 20.0. The van der Waals surface area contributed by atoms with Crippen LogP contribution in [0.4, 0.5) is 15.9 Å². The number of aliphatic hydroxyl groups excluding tert-OH is 1. The number of pyridine rings is 1. The molecule has 12 heteroatoms. The van der Waals surface area contributed by atoms with Crippen molar-refractivity contribution < 1.29 is 23.8 Å². The first kappa shape index (κ1) is 24.7. The first-order valence-electron chi connectivity index (χ1n) is 11.3. The van der Waals surface area contributed by atoms with Crippen LogP contribution in [0, 0.1) is 24.1 Å². The van der Waals surface area contributed by atoms with Crippen molar-refractivity contribution in [3.05, 3.63) is 47.5 Å². The summed E-state index contributed by atoms with van der Waals surface area (Å²) in [4.78, 5) is 30.2. The van der Waals surface area contributed by atoms with Crippen molar-refractivity contribution in [3.63, 3.8) is 0 Å². The van der Waals surface area contributed by atoms with Crippen molar-refractivity contribution >= 4 is 45.4 Å². The van der Waals surface area contributed by atoms with Crippen molar-refractivity contribution in [2.24, 2.45) is 16.6 Å². The Kier molecular flexibility index (Phi) is 6.13. The highest BCUT2D eigenvalue weighted by atomic mass is 32.2. The van der Waals surface area contributed by atoms with Gasteiger partial charge in [-0.05, 0) is 31.5 Å². The van der Waals surface area contributed by atoms with Crippen LogP contribution in [0.5, 0.6) is 5.88 Å². The molecule has 3 aromatic rings. The average Bonchev–Trinajstić information content (AvgIpc) is 3.63. The lowest BCUT2D eigenvalue weighted by Gasteiger charge is -2.34. The number of nitrogens with one attached hydrogen (secondary N) is 1. The van der Waals surface area contributed by atoms with Gasteiger partial charge in [0.2, 0.25) is 5.88 Å². The number of aromatic nitrogens is 3. The number of thioether (sulfide) groups is 1. The second-order valence-electron chi connectivity index (χ2n) is 8.91. The fourth-order valence-electron chi connectivity index (χ4n) is 4.77. The number of esters is 1. The Morgan fingerprint density at radius 2 is 2.24 bits per heavy atom. The number of methoxy groups -OCH3 is 1. The van der Waals surface area contributed by atoms with E-state index >= 15 is 4.39 Å². The Morgan fingerprint density at radius 1 is 1.43 bits per heavy atom. The van der Waals surface area contributed by atoms with E-state index in [4.69, 9.17) is 21.6 Å². The second kappa shape index (κ2) is 9.17. The van der Waals surface area contributed by atoms with Crippen LogP contribution in [-0.2, 0) is 10.3 Å². The van der Waals surface area contributed by atoms with E-state index in [1.165, 1.54) is 37.3 Å². The third kappa shape index (κ3) is 4.20. The summed E-state index contributed by atoms with van der Waals surface area (Å²) in [6, 6.07) is 4.56. The lowest BCUT2D eigenvalue weighted by Crippen LogP contribution is -2.37. The standard InChI is InChI=1S/C25H23FN6O4S/c1-4-7-36-18-11-29-20-16(31-18)5-6-28-21(20)30-13-8-14(22(34)35-3)19(26)15(9-13)24(2)17-10-25(17,12-33)37-23(27)32-24/h1,5-6,8-9,11,17,33H,7,10,12H2,2-3H3,(H2,27,32)(H,28,30)/t17-,24+,25+/m0/s1. The second-order valence-corrected chi connectivity index (χ2v) is 10.3. The number of aliphatic imine (C=N–C) groups is 1. The largest absolute Gasteiger partial charge is 0.465 e. The molecule has 1 aliphatic heterocycles. The number of aliphatic hydroxyl groups is 1. The Balaban J connectivity index is 1.60. The molecule has 0 saturated heterocycles. The SMILES string of the molecule is C#CCOc1cnc2c(Nc3cc(C(=O)OC)c(F)c([C@@]4(C)N=C(N)S[C@@]5(CO)C[C@H]54)c3)nccc2n1. The maximum atomic E-state index is 15.8. The highest BCUT2D eigenvalue weighted by Crippen LogP contribution is 2.65. The lowest BCUT2D eigenvalue weighted by molar-refractivity contribution is 0.0595. The summed E-state index contributed by atoms with van der Waals surface area (Å²) in [5.41, 5.74) is 6.12. The van der Waals surface area contributed by atoms with Gasteiger partial charge in [0.25, 0.3) is 0 Å². The first-order valence-corrected chi connectivity index (χ1v) is 12.1. The number of hydrogen-bond acceptors (Lipinski definition) is 11. The van der Waals surface area contributed by atoms with Gasteiger partial charge in [-0.25, -0.2) is 24.1 Å². The molecule has 190 valence electrons. The zero-order chi connectivity index (χ0) is 26.4. The van der Waals surface area contributed by atoms with Crippen LogP contribution in [0.2, 0.25) is 0 Å². The van der Waals surface area contributed by atoms with Gasteiger partial charge in [0, 0.05) is 23.4 Å². The number of nitrogens with two attached hydrogens (primary N) is 1. The molecule has 37 heavy (non-hydrogen) atoms. The number of benzene rings is 1. The number of carbonyl (C=O) groups excluding carboxylic acids is 1. The van der Waals surface area contributed by atoms with E-state index < -0.39 is 22.1 Å². The quantitative estimate of drug-likeness (QED) is 0.313. The van der Waals surface area contributed by atoms with Crippen LogP contribution < -0.4 is 15.8 Å². The summed E-state index contributed by atoms with van der Waals surface area (Å²) >= 11 is 1.30. The number of rotatable bonds is 7. The molecule has 1 aromatic carbocycles. The molecule has 2 aromatic heterocycles. The summed E-state index contributed by atoms with van der Waals surface area (Å²) in [5.74, 6) is 1.16. The summed E-state index contributed by atoms with van der Waals surface area (Å²) < 4.78 is 25.5. The molecule has 0 bridgehead atoms. The predicted molar refractivity (Wildman–Crippen MR) is 137 cm³/mol. The zero-order valence-corrected chi connectivity index (χ0v) is 20.8. The van der Waals surface area contributed by atoms with Gasteiger partial charge in [-0.2, -0.15) is 0 Å². The molecule has 4 N–H and O–H groups in total. The van der Waals surface area contributed by atoms with E-state index in [1.807, 2.05) is 0 Å². The van der Waals surface area contributed by atoms with Crippen LogP contribution >= 0.6 is 11.8 Å². The van der Waals surface area contributed by atoms with Crippen LogP contribution in [0.15, 0.2) is 35.6 Å². The molecule has 1 saturated carbocycles. The van der Waals surface area contributed by atoms with Crippen molar-refractivity contribution in [2.45, 2.75) is 23.6 Å². The van der Waals surface area contributed by atoms with E-state index in [0.29, 0.717) is 29.0 Å². The maximum Gasteiger partial charge on any atom is 0.340 e. The number of ether oxygens (including phenoxy) is 2. The molecule has 3 heterocycles. The molecular weight excluding hydrogens is 499 g/mol. The minimum Gasteiger partial charge on any atom is -0.465 e. The van der Waals surface area contributed by atoms with E-state index in [1.54, 1.807) is 19.1 Å². The van der Waals surface area contributed by atoms with Gasteiger partial charge in [0.05, 0.1) is 41.3 Å². The monoisotopic (exact) mass is 522 g/mol. The normalized spacial score (nSPS) is 24.0. The van der Waals surface area contributed by atoms with Crippen molar-refractivity contribution in [2.75, 3.05) is 25.6 Å². The molecule has 0 radical (unpaired) electrons. The topological polar surface area (TPSA) is 145 Å². The Labute approximate surface area is 215 Å². The van der Waals surface area contributed by atoms with Gasteiger partial charge in [0.1, 0.15) is 11.3 Å². The van der Waals surface area contributed by atoms with Crippen molar-refractivity contribution in [1.29, 1.82) is 0 Å². The Morgan fingerprint density at radius 3 is 2.97 bits per heavy atom. The first-order chi connectivity index (χ1) is 17.7. The van der Waals surface area contributed by atoms with Gasteiger partial charge < -0.3 is 25.6 Å². The fourth-order valence-corrected chi connectivity index (χ4v) is 6.11. The van der Waals surface area contributed by atoms with E-state index in [9.17, 15) is 9.90 Å². The smallest absolute Gasteiger partial charge is 0.340 e. The van der Waals surface area contributed by atoms with Gasteiger partial charge in [-0.1, -0.05) is 17.7 Å². The molecule has 10 nitrogen and oxygen atoms in total. The molecule has 0 amide bonds. The summed E-state index contributed by atoms with van der Waals surface area (Å²) in [6.07, 6.45) is 8.78. The molecule has 5 rings (SSSR count). The van der Waals surface area contributed by atoms with Crippen LogP contribution in [0.3, 0.4) is 0 Å². The molecule has 2 aliphatic rings. The molecule has 1 aliphatic carbocycles. The minimum absolute atomic E-state index is 0.0495. The maximum absolute atomic E-state index is 15.8. The number of hydrogen-bond donors (Lipinski definition) is 3. The van der Waals surface area contributed by atoms with Gasteiger partial charge in [0.15, 0.2) is 17.6 Å². The number of fused-ring (bicyclic) bond motifs is 2. The summed E-state index contributed by atoms with van der Waals surface area (Å²) in [5, 5.41) is 13.4. The van der Waals surface area contributed by atoms with Gasteiger partial charge >= 0.3 is 5.97 Å². The van der Waals surface area contributed by atoms with Crippen LogP contribution in [0.25, 0.3) is 11.0 Å². The number of amidine groups is 1. The Hall–Kier alpha value is -3.95. The number of terminal acetylenes is 1. The van der Waals surface area contributed by atoms with Crippen LogP contribution in [0.1, 0.15) is 29.3 Å². The van der Waals surface area contributed by atoms with Crippen molar-refractivity contribution in [1.82, 2.24) is 15.0 Å². The van der Waals surface area contributed by atoms with Gasteiger partial charge in [-0.3, -0.25) is 4.99 Å². The Bertz CT molecular complexity index is 1490. The van der Waals surface area contributed by atoms with E-state index in [0.717, 1.165) is 0 Å². The summed E-state index contributed by atoms with van der Waals surface area (Å²) in [6.45, 7) is 1.68. The molecule has 1 fully saturated rings. The molecular formula is C25H23FN6O4S. The number of anilines is 2. The number of nitrogens with zero attached hydrogens (tertiary/aromatic N) is 4. The number of halogens is 1. The van der Waals surface area contributed by atoms with Gasteiger partial charge in [-0.15, -0.1) is 6.42 Å². The number of carbonyl (C=O) groups is 1. The highest BCUT2D eigenvalue weighted by molar-refractivity contribution is 8.15. The third-order valence-corrected chi connectivity index (χ3v) is 7.94. The lowest BCUT2D eigenvalue weighted by atomic mass is 9.84. The molecule has 3 atom stereocenters. The average molecular weight is 523 g/mol. The minimum atomic E-state index is -1.11. The highest BCUT2D eigenvalue weighted by Gasteiger charge is 2.66. The van der Waals surface area contributed by atoms with Crippen LogP contribution in [-0.4, -0.2) is 56.3 Å². The molecule has 0 spiro atoms. The molecule has 0 unspecified atom stereocenters. The third-order valence-electron chi connectivity index (χ3n) is 6.65. The van der Waals surface area contributed by atoms with E-state index in [2.05, 4.69) is 31.2 Å². The predicted octanol–water partition coefficient (Wildman–Crippen LogP) is 2.73. The van der Waals surface area contributed by atoms with Crippen molar-refractivity contribution in [3.8, 4) is 18.2 Å². The fraction of sp³-hybridized carbons (Fsp3) is 0.320. The van der Waals surface area contributed by atoms with E-state index in [-0.39, 0.29) is 41.3 Å².